The fourth-order valence-electron chi connectivity index (χ4n) is 2.44. The molecular formula is C15H18ClF3N2O3. The third-order valence-corrected chi connectivity index (χ3v) is 4.25. The molecule has 1 aliphatic carbocycles. The smallest absolute Gasteiger partial charge is 0.408 e. The Labute approximate surface area is 142 Å². The fourth-order valence-corrected chi connectivity index (χ4v) is 2.65. The highest BCUT2D eigenvalue weighted by Gasteiger charge is 2.47. The zero-order valence-corrected chi connectivity index (χ0v) is 14.0. The summed E-state index contributed by atoms with van der Waals surface area (Å²) >= 11 is 5.87. The topological polar surface area (TPSA) is 58.6 Å². The van der Waals surface area contributed by atoms with Gasteiger partial charge in [-0.25, -0.2) is 0 Å². The number of ketones is 1. The van der Waals surface area contributed by atoms with E-state index in [0.29, 0.717) is 11.3 Å². The second kappa shape index (κ2) is 7.14. The first-order chi connectivity index (χ1) is 11.2. The molecule has 0 saturated carbocycles. The molecule has 2 aliphatic rings. The number of unbranched alkanes of at least 4 members (excludes halogenated alkanes) is 1. The zero-order valence-electron chi connectivity index (χ0n) is 13.2. The average Bonchev–Trinajstić information content (AvgIpc) is 2.50. The maximum Gasteiger partial charge on any atom is 0.408 e. The number of hydrogen-bond donors (Lipinski definition) is 1. The summed E-state index contributed by atoms with van der Waals surface area (Å²) in [7, 11) is 0. The largest absolute Gasteiger partial charge is 0.489 e. The number of carbonyl (C=O) groups is 2. The van der Waals surface area contributed by atoms with Gasteiger partial charge in [-0.15, -0.1) is 0 Å². The minimum absolute atomic E-state index is 0.118. The molecule has 0 aromatic rings. The Hall–Kier alpha value is -1.54. The van der Waals surface area contributed by atoms with Crippen LogP contribution < -0.4 is 5.32 Å². The summed E-state index contributed by atoms with van der Waals surface area (Å²) in [4.78, 5) is 25.4. The summed E-state index contributed by atoms with van der Waals surface area (Å²) in [5.74, 6) is -1.82. The van der Waals surface area contributed by atoms with Gasteiger partial charge in [0.2, 0.25) is 5.78 Å². The van der Waals surface area contributed by atoms with E-state index in [2.05, 4.69) is 5.32 Å². The van der Waals surface area contributed by atoms with Crippen LogP contribution in [0.2, 0.25) is 0 Å². The van der Waals surface area contributed by atoms with Crippen LogP contribution in [0.5, 0.6) is 0 Å². The maximum atomic E-state index is 12.9. The summed E-state index contributed by atoms with van der Waals surface area (Å²) in [5, 5.41) is 2.66. The van der Waals surface area contributed by atoms with E-state index in [4.69, 9.17) is 16.3 Å². The van der Waals surface area contributed by atoms with Crippen LogP contribution in [0, 0.1) is 0 Å². The van der Waals surface area contributed by atoms with Crippen molar-refractivity contribution in [1.82, 2.24) is 10.2 Å². The van der Waals surface area contributed by atoms with Crippen molar-refractivity contribution in [2.75, 3.05) is 13.3 Å². The van der Waals surface area contributed by atoms with Gasteiger partial charge in [0.05, 0.1) is 29.9 Å². The van der Waals surface area contributed by atoms with Crippen molar-refractivity contribution in [1.29, 1.82) is 0 Å². The second-order valence-corrected chi connectivity index (χ2v) is 6.03. The molecule has 1 fully saturated rings. The molecule has 0 radical (unpaired) electrons. The molecule has 5 nitrogen and oxygen atoms in total. The number of nitrogens with one attached hydrogen (secondary N) is 1. The van der Waals surface area contributed by atoms with E-state index in [1.807, 2.05) is 6.92 Å². The number of alkyl halides is 3. The van der Waals surface area contributed by atoms with Crippen molar-refractivity contribution in [3.05, 3.63) is 22.4 Å². The lowest BCUT2D eigenvalue weighted by molar-refractivity contribution is -0.186. The Morgan fingerprint density at radius 3 is 2.71 bits per heavy atom. The van der Waals surface area contributed by atoms with Crippen LogP contribution in [0.1, 0.15) is 26.7 Å². The number of hydrogen-bond acceptors (Lipinski definition) is 4. The van der Waals surface area contributed by atoms with Gasteiger partial charge in [-0.1, -0.05) is 24.9 Å². The molecule has 9 heteroatoms. The lowest BCUT2D eigenvalue weighted by Gasteiger charge is -2.39. The highest BCUT2D eigenvalue weighted by Crippen LogP contribution is 2.32. The van der Waals surface area contributed by atoms with E-state index in [-0.39, 0.29) is 29.6 Å². The third kappa shape index (κ3) is 3.59. The number of carbonyl (C=O) groups excluding carboxylic acids is 2. The van der Waals surface area contributed by atoms with Crippen molar-refractivity contribution in [2.45, 2.75) is 44.9 Å². The molecule has 1 unspecified atom stereocenters. The Balaban J connectivity index is 2.36. The van der Waals surface area contributed by atoms with Gasteiger partial charge in [-0.05, 0) is 19.4 Å². The van der Waals surface area contributed by atoms with Crippen LogP contribution in [-0.2, 0) is 14.3 Å². The summed E-state index contributed by atoms with van der Waals surface area (Å²) in [5.41, 5.74) is -0.122. The van der Waals surface area contributed by atoms with Gasteiger partial charge in [-0.2, -0.15) is 13.2 Å². The van der Waals surface area contributed by atoms with Gasteiger partial charge in [0, 0.05) is 0 Å². The normalized spacial score (nSPS) is 23.2. The minimum Gasteiger partial charge on any atom is -0.489 e. The predicted molar refractivity (Wildman–Crippen MR) is 81.0 cm³/mol. The quantitative estimate of drug-likeness (QED) is 0.759. The van der Waals surface area contributed by atoms with E-state index >= 15 is 0 Å². The first-order valence-electron chi connectivity index (χ1n) is 7.58. The van der Waals surface area contributed by atoms with E-state index in [1.54, 1.807) is 0 Å². The molecule has 2 rings (SSSR count). The van der Waals surface area contributed by atoms with Crippen molar-refractivity contribution in [3.8, 4) is 0 Å². The molecule has 134 valence electrons. The summed E-state index contributed by atoms with van der Waals surface area (Å²) in [6.45, 7) is 2.69. The van der Waals surface area contributed by atoms with Crippen LogP contribution in [0.25, 0.3) is 0 Å². The number of allylic oxidation sites excluding steroid dienone is 1. The first-order valence-corrected chi connectivity index (χ1v) is 7.96. The minimum atomic E-state index is -4.57. The molecule has 24 heavy (non-hydrogen) atoms. The van der Waals surface area contributed by atoms with Crippen LogP contribution >= 0.6 is 11.6 Å². The summed E-state index contributed by atoms with van der Waals surface area (Å²) in [6.07, 6.45) is -1.81. The highest BCUT2D eigenvalue weighted by molar-refractivity contribution is 6.45. The van der Waals surface area contributed by atoms with Gasteiger partial charge in [0.1, 0.15) is 6.04 Å². The number of nitrogens with zero attached hydrogens (tertiary/aromatic N) is 1. The third-order valence-electron chi connectivity index (χ3n) is 3.95. The molecule has 1 aliphatic heterocycles. The van der Waals surface area contributed by atoms with Crippen molar-refractivity contribution in [2.24, 2.45) is 0 Å². The van der Waals surface area contributed by atoms with E-state index in [1.165, 1.54) is 6.08 Å². The average molecular weight is 367 g/mol. The number of Topliss-reactive ketones (excluding diaryl/α,β-unsaturated/α-hetero) is 1. The Morgan fingerprint density at radius 1 is 1.46 bits per heavy atom. The van der Waals surface area contributed by atoms with Gasteiger partial charge >= 0.3 is 6.18 Å². The number of ether oxygens (including phenoxy) is 1. The lowest BCUT2D eigenvalue weighted by Crippen LogP contribution is -2.59. The predicted octanol–water partition coefficient (Wildman–Crippen LogP) is 2.47. The Bertz CT molecular complexity index is 601. The van der Waals surface area contributed by atoms with Crippen molar-refractivity contribution < 1.29 is 27.5 Å². The molecule has 0 spiro atoms. The Morgan fingerprint density at radius 2 is 2.12 bits per heavy atom. The van der Waals surface area contributed by atoms with Gasteiger partial charge in [0.15, 0.2) is 5.76 Å². The second-order valence-electron chi connectivity index (χ2n) is 5.62. The monoisotopic (exact) mass is 366 g/mol. The standard InChI is InChI=1S/C15H18ClF3N2O3/c1-3-4-5-24-13-11-10(6-9(16)12(13)22)20-7-21(14(11)23)8(2)15(17,18)19/h6,8,10,20H,3-5,7H2,1-2H3/t8-,10?/m1/s1. The van der Waals surface area contributed by atoms with Gasteiger partial charge in [0.25, 0.3) is 5.91 Å². The molecular weight excluding hydrogens is 349 g/mol. The molecule has 0 aromatic heterocycles. The van der Waals surface area contributed by atoms with Crippen LogP contribution in [-0.4, -0.2) is 48.1 Å². The molecule has 0 bridgehead atoms. The molecule has 0 aromatic carbocycles. The van der Waals surface area contributed by atoms with E-state index in [9.17, 15) is 22.8 Å². The van der Waals surface area contributed by atoms with Crippen molar-refractivity contribution >= 4 is 23.3 Å². The fraction of sp³-hybridized carbons (Fsp3) is 0.600. The summed E-state index contributed by atoms with van der Waals surface area (Å²) in [6, 6.07) is -2.73. The van der Waals surface area contributed by atoms with Gasteiger partial charge < -0.3 is 9.64 Å². The van der Waals surface area contributed by atoms with Crippen molar-refractivity contribution in [3.63, 3.8) is 0 Å². The van der Waals surface area contributed by atoms with Crippen LogP contribution in [0.3, 0.4) is 0 Å². The first kappa shape index (κ1) is 18.8. The van der Waals surface area contributed by atoms with Crippen LogP contribution in [0.15, 0.2) is 22.4 Å². The van der Waals surface area contributed by atoms with E-state index in [0.717, 1.165) is 13.3 Å². The van der Waals surface area contributed by atoms with Gasteiger partial charge in [-0.3, -0.25) is 14.9 Å². The highest BCUT2D eigenvalue weighted by atomic mass is 35.5. The maximum absolute atomic E-state index is 12.9. The molecule has 2 atom stereocenters. The van der Waals surface area contributed by atoms with E-state index < -0.39 is 30.0 Å². The SMILES string of the molecule is CCCCOC1=C2C(=O)N([C@H](C)C(F)(F)F)CNC2C=C(Cl)C1=O. The zero-order chi connectivity index (χ0) is 18.1. The lowest BCUT2D eigenvalue weighted by atomic mass is 9.94. The summed E-state index contributed by atoms with van der Waals surface area (Å²) < 4.78 is 44.2. The Kier molecular flexibility index (Phi) is 5.59. The molecule has 1 saturated heterocycles. The number of fused-ring (bicyclic) bond motifs is 1. The molecule has 1 N–H and O–H groups in total. The van der Waals surface area contributed by atoms with Crippen LogP contribution in [0.4, 0.5) is 13.2 Å². The molecule has 1 heterocycles. The molecule has 1 amide bonds. The number of rotatable bonds is 5. The number of halogens is 4. The number of amides is 1.